The number of rotatable bonds is 4. The lowest BCUT2D eigenvalue weighted by Crippen LogP contribution is -2.29. The van der Waals surface area contributed by atoms with Crippen molar-refractivity contribution in [2.45, 2.75) is 36.6 Å². The summed E-state index contributed by atoms with van der Waals surface area (Å²) in [6.07, 6.45) is 2.16. The first-order valence-corrected chi connectivity index (χ1v) is 7.94. The lowest BCUT2D eigenvalue weighted by atomic mass is 10.3. The van der Waals surface area contributed by atoms with E-state index in [1.54, 1.807) is 0 Å². The van der Waals surface area contributed by atoms with E-state index in [-0.39, 0.29) is 35.6 Å². The highest BCUT2D eigenvalue weighted by atomic mass is 32.2. The molecule has 1 aromatic carbocycles. The molecule has 1 heterocycles. The molecule has 7 heteroatoms. The Balaban J connectivity index is 1.84. The summed E-state index contributed by atoms with van der Waals surface area (Å²) in [6.45, 7) is 0. The van der Waals surface area contributed by atoms with E-state index in [9.17, 15) is 18.0 Å². The smallest absolute Gasteiger partial charge is 0.240 e. The van der Waals surface area contributed by atoms with Crippen LogP contribution in [0.2, 0.25) is 0 Å². The molecule has 1 saturated carbocycles. The predicted molar refractivity (Wildman–Crippen MR) is 71.5 cm³/mol. The number of sulfonamides is 1. The van der Waals surface area contributed by atoms with Gasteiger partial charge in [0.25, 0.3) is 0 Å². The molecule has 1 aliphatic heterocycles. The van der Waals surface area contributed by atoms with Crippen LogP contribution < -0.4 is 9.62 Å². The first kappa shape index (κ1) is 13.3. The first-order valence-electron chi connectivity index (χ1n) is 6.45. The number of benzene rings is 1. The van der Waals surface area contributed by atoms with Crippen LogP contribution in [0.5, 0.6) is 0 Å². The zero-order chi connectivity index (χ0) is 14.3. The second-order valence-electron chi connectivity index (χ2n) is 5.01. The van der Waals surface area contributed by atoms with Gasteiger partial charge in [-0.1, -0.05) is 0 Å². The van der Waals surface area contributed by atoms with Crippen LogP contribution in [0.1, 0.15) is 25.7 Å². The topological polar surface area (TPSA) is 83.6 Å². The van der Waals surface area contributed by atoms with Crippen LogP contribution in [0.4, 0.5) is 5.69 Å². The maximum Gasteiger partial charge on any atom is 0.240 e. The SMILES string of the molecule is O=C1CCC(=O)N1c1ccc(S(=O)(=O)NC2CC2)cc1. The summed E-state index contributed by atoms with van der Waals surface area (Å²) in [4.78, 5) is 24.4. The monoisotopic (exact) mass is 294 g/mol. The molecule has 0 bridgehead atoms. The van der Waals surface area contributed by atoms with Crippen molar-refractivity contribution in [1.82, 2.24) is 4.72 Å². The minimum absolute atomic E-state index is 0.0430. The largest absolute Gasteiger partial charge is 0.274 e. The van der Waals surface area contributed by atoms with Crippen LogP contribution in [-0.4, -0.2) is 26.3 Å². The molecule has 1 aliphatic carbocycles. The number of amides is 2. The van der Waals surface area contributed by atoms with Crippen LogP contribution in [-0.2, 0) is 19.6 Å². The van der Waals surface area contributed by atoms with E-state index in [0.717, 1.165) is 17.7 Å². The Kier molecular flexibility index (Phi) is 3.10. The van der Waals surface area contributed by atoms with Crippen molar-refractivity contribution >= 4 is 27.5 Å². The fraction of sp³-hybridized carbons (Fsp3) is 0.385. The van der Waals surface area contributed by atoms with E-state index in [0.29, 0.717) is 5.69 Å². The molecule has 2 fully saturated rings. The summed E-state index contributed by atoms with van der Waals surface area (Å²) in [5.74, 6) is -0.497. The predicted octanol–water partition coefficient (Wildman–Crippen LogP) is 0.781. The molecule has 0 aromatic heterocycles. The molecule has 0 spiro atoms. The number of nitrogens with zero attached hydrogens (tertiary/aromatic N) is 1. The first-order chi connectivity index (χ1) is 9.47. The summed E-state index contributed by atoms with van der Waals surface area (Å²) in [5.41, 5.74) is 0.419. The van der Waals surface area contributed by atoms with Gasteiger partial charge < -0.3 is 0 Å². The van der Waals surface area contributed by atoms with Crippen molar-refractivity contribution in [1.29, 1.82) is 0 Å². The molecule has 2 amide bonds. The molecule has 2 aliphatic rings. The Labute approximate surface area is 116 Å². The lowest BCUT2D eigenvalue weighted by molar-refractivity contribution is -0.121. The summed E-state index contributed by atoms with van der Waals surface area (Å²) in [7, 11) is -3.50. The number of hydrogen-bond donors (Lipinski definition) is 1. The summed E-state index contributed by atoms with van der Waals surface area (Å²) < 4.78 is 26.5. The van der Waals surface area contributed by atoms with E-state index >= 15 is 0 Å². The van der Waals surface area contributed by atoms with E-state index in [1.165, 1.54) is 24.3 Å². The molecular formula is C13H14N2O4S. The van der Waals surface area contributed by atoms with E-state index in [2.05, 4.69) is 4.72 Å². The average Bonchev–Trinajstić information content (AvgIpc) is 3.14. The molecule has 6 nitrogen and oxygen atoms in total. The Morgan fingerprint density at radius 2 is 1.55 bits per heavy atom. The number of anilines is 1. The lowest BCUT2D eigenvalue weighted by Gasteiger charge is -2.14. The number of imide groups is 1. The van der Waals surface area contributed by atoms with E-state index < -0.39 is 10.0 Å². The van der Waals surface area contributed by atoms with Gasteiger partial charge in [0.05, 0.1) is 10.6 Å². The highest BCUT2D eigenvalue weighted by molar-refractivity contribution is 7.89. The van der Waals surface area contributed by atoms with Crippen LogP contribution in [0.3, 0.4) is 0 Å². The zero-order valence-electron chi connectivity index (χ0n) is 10.7. The molecule has 0 unspecified atom stereocenters. The summed E-state index contributed by atoms with van der Waals surface area (Å²) in [5, 5.41) is 0. The van der Waals surface area contributed by atoms with Gasteiger partial charge >= 0.3 is 0 Å². The van der Waals surface area contributed by atoms with Crippen LogP contribution in [0.25, 0.3) is 0 Å². The maximum atomic E-state index is 12.0. The molecule has 0 radical (unpaired) electrons. The third-order valence-corrected chi connectivity index (χ3v) is 4.89. The molecule has 0 atom stereocenters. The molecule has 1 saturated heterocycles. The van der Waals surface area contributed by atoms with Gasteiger partial charge in [0, 0.05) is 18.9 Å². The number of hydrogen-bond acceptors (Lipinski definition) is 4. The highest BCUT2D eigenvalue weighted by Crippen LogP contribution is 2.25. The minimum Gasteiger partial charge on any atom is -0.274 e. The average molecular weight is 294 g/mol. The van der Waals surface area contributed by atoms with E-state index in [1.807, 2.05) is 0 Å². The molecular weight excluding hydrogens is 280 g/mol. The number of carbonyl (C=O) groups is 2. The zero-order valence-corrected chi connectivity index (χ0v) is 11.5. The van der Waals surface area contributed by atoms with Crippen molar-refractivity contribution in [3.8, 4) is 0 Å². The van der Waals surface area contributed by atoms with Gasteiger partial charge in [-0.3, -0.25) is 14.5 Å². The van der Waals surface area contributed by atoms with Gasteiger partial charge in [-0.25, -0.2) is 13.1 Å². The molecule has 20 heavy (non-hydrogen) atoms. The normalized spacial score (nSPS) is 19.7. The van der Waals surface area contributed by atoms with Crippen molar-refractivity contribution in [2.75, 3.05) is 4.90 Å². The van der Waals surface area contributed by atoms with Gasteiger partial charge in [-0.15, -0.1) is 0 Å². The Bertz CT molecular complexity index is 646. The summed E-state index contributed by atoms with van der Waals surface area (Å²) >= 11 is 0. The third-order valence-electron chi connectivity index (χ3n) is 3.36. The van der Waals surface area contributed by atoms with Crippen molar-refractivity contribution in [2.24, 2.45) is 0 Å². The van der Waals surface area contributed by atoms with Crippen LogP contribution >= 0.6 is 0 Å². The second kappa shape index (κ2) is 4.68. The van der Waals surface area contributed by atoms with Gasteiger partial charge in [0.15, 0.2) is 0 Å². The molecule has 1 aromatic rings. The van der Waals surface area contributed by atoms with Gasteiger partial charge in [0.2, 0.25) is 21.8 Å². The number of carbonyl (C=O) groups excluding carboxylic acids is 2. The minimum atomic E-state index is -3.50. The van der Waals surface area contributed by atoms with Crippen LogP contribution in [0, 0.1) is 0 Å². The highest BCUT2D eigenvalue weighted by Gasteiger charge is 2.31. The van der Waals surface area contributed by atoms with Crippen molar-refractivity contribution in [3.63, 3.8) is 0 Å². The van der Waals surface area contributed by atoms with Gasteiger partial charge in [-0.05, 0) is 37.1 Å². The molecule has 106 valence electrons. The van der Waals surface area contributed by atoms with Crippen molar-refractivity contribution in [3.05, 3.63) is 24.3 Å². The van der Waals surface area contributed by atoms with E-state index in [4.69, 9.17) is 0 Å². The molecule has 1 N–H and O–H groups in total. The van der Waals surface area contributed by atoms with Gasteiger partial charge in [-0.2, -0.15) is 0 Å². The number of nitrogens with one attached hydrogen (secondary N) is 1. The third kappa shape index (κ3) is 2.46. The molecule has 3 rings (SSSR count). The quantitative estimate of drug-likeness (QED) is 0.832. The fourth-order valence-corrected chi connectivity index (χ4v) is 3.43. The van der Waals surface area contributed by atoms with Crippen molar-refractivity contribution < 1.29 is 18.0 Å². The second-order valence-corrected chi connectivity index (χ2v) is 6.73. The maximum absolute atomic E-state index is 12.0. The summed E-state index contributed by atoms with van der Waals surface area (Å²) in [6, 6.07) is 5.85. The Hall–Kier alpha value is -1.73. The van der Waals surface area contributed by atoms with Crippen LogP contribution in [0.15, 0.2) is 29.2 Å². The Morgan fingerprint density at radius 1 is 1.00 bits per heavy atom. The standard InChI is InChI=1S/C13H14N2O4S/c16-12-7-8-13(17)15(12)10-3-5-11(6-4-10)20(18,19)14-9-1-2-9/h3-6,9,14H,1-2,7-8H2. The fourth-order valence-electron chi connectivity index (χ4n) is 2.13. The Morgan fingerprint density at radius 3 is 2.05 bits per heavy atom. The van der Waals surface area contributed by atoms with Gasteiger partial charge in [0.1, 0.15) is 0 Å².